The highest BCUT2D eigenvalue weighted by molar-refractivity contribution is 14.0. The largest absolute Gasteiger partial charge is 0.379 e. The summed E-state index contributed by atoms with van der Waals surface area (Å²) >= 11 is 5.92. The average molecular weight is 563 g/mol. The molecule has 31 heavy (non-hydrogen) atoms. The van der Waals surface area contributed by atoms with Crippen molar-refractivity contribution in [3.63, 3.8) is 0 Å². The summed E-state index contributed by atoms with van der Waals surface area (Å²) < 4.78 is 10.8. The van der Waals surface area contributed by atoms with E-state index in [0.717, 1.165) is 44.4 Å². The molecule has 0 aliphatic carbocycles. The molecule has 1 aromatic carbocycles. The number of nitrogens with one attached hydrogen (secondary N) is 2. The summed E-state index contributed by atoms with van der Waals surface area (Å²) in [5.74, 6) is 2.45. The molecular formula is C21H32ClIN6O2. The number of morpholine rings is 1. The van der Waals surface area contributed by atoms with E-state index in [0.29, 0.717) is 41.7 Å². The van der Waals surface area contributed by atoms with E-state index in [2.05, 4.69) is 44.5 Å². The van der Waals surface area contributed by atoms with Gasteiger partial charge in [-0.15, -0.1) is 24.0 Å². The van der Waals surface area contributed by atoms with Crippen LogP contribution in [-0.4, -0.2) is 73.5 Å². The number of nitrogens with zero attached hydrogens (tertiary/aromatic N) is 4. The summed E-state index contributed by atoms with van der Waals surface area (Å²) in [4.78, 5) is 11.3. The van der Waals surface area contributed by atoms with E-state index in [1.54, 1.807) is 7.05 Å². The second kappa shape index (κ2) is 13.2. The standard InChI is InChI=1S/C21H31ClN6O2.HI/c1-15(2)18(28-10-12-29-13-11-28)14-25-21(23-3)24-9-8-19-26-20(27-30-19)16-4-6-17(22)7-5-16;/h4-7,15,18H,8-14H2,1-3H3,(H2,23,24,25);1H. The Balaban J connectivity index is 0.00000341. The predicted octanol–water partition coefficient (Wildman–Crippen LogP) is 3.07. The summed E-state index contributed by atoms with van der Waals surface area (Å²) in [6.45, 7) is 9.55. The first-order valence-electron chi connectivity index (χ1n) is 10.4. The summed E-state index contributed by atoms with van der Waals surface area (Å²) in [6.07, 6.45) is 0.609. The molecule has 1 aromatic heterocycles. The highest BCUT2D eigenvalue weighted by Crippen LogP contribution is 2.18. The molecule has 0 bridgehead atoms. The molecule has 1 saturated heterocycles. The van der Waals surface area contributed by atoms with Crippen LogP contribution in [0, 0.1) is 5.92 Å². The Kier molecular flexibility index (Phi) is 11.0. The number of rotatable bonds is 8. The van der Waals surface area contributed by atoms with Gasteiger partial charge in [-0.2, -0.15) is 4.98 Å². The normalized spacial score (nSPS) is 16.1. The number of aromatic nitrogens is 2. The Morgan fingerprint density at radius 3 is 2.55 bits per heavy atom. The van der Waals surface area contributed by atoms with Crippen LogP contribution in [0.25, 0.3) is 11.4 Å². The summed E-state index contributed by atoms with van der Waals surface area (Å²) in [6, 6.07) is 7.81. The van der Waals surface area contributed by atoms with E-state index in [-0.39, 0.29) is 24.0 Å². The van der Waals surface area contributed by atoms with E-state index in [9.17, 15) is 0 Å². The van der Waals surface area contributed by atoms with Gasteiger partial charge in [0, 0.05) is 56.3 Å². The van der Waals surface area contributed by atoms with E-state index in [1.165, 1.54) is 0 Å². The fourth-order valence-electron chi connectivity index (χ4n) is 3.48. The van der Waals surface area contributed by atoms with E-state index in [4.69, 9.17) is 20.9 Å². The van der Waals surface area contributed by atoms with Crippen molar-refractivity contribution in [2.45, 2.75) is 26.3 Å². The van der Waals surface area contributed by atoms with Gasteiger partial charge in [0.15, 0.2) is 5.96 Å². The minimum Gasteiger partial charge on any atom is -0.379 e. The molecule has 0 radical (unpaired) electrons. The quantitative estimate of drug-likeness (QED) is 0.290. The SMILES string of the molecule is CN=C(NCCc1nc(-c2ccc(Cl)cc2)no1)NCC(C(C)C)N1CCOCC1.I. The molecule has 172 valence electrons. The maximum absolute atomic E-state index is 5.92. The molecule has 1 fully saturated rings. The lowest BCUT2D eigenvalue weighted by atomic mass is 10.0. The smallest absolute Gasteiger partial charge is 0.228 e. The first-order chi connectivity index (χ1) is 14.6. The molecule has 0 amide bonds. The third kappa shape index (κ3) is 7.89. The molecule has 0 saturated carbocycles. The number of hydrogen-bond donors (Lipinski definition) is 2. The van der Waals surface area contributed by atoms with Crippen molar-refractivity contribution >= 4 is 41.5 Å². The van der Waals surface area contributed by atoms with Gasteiger partial charge in [0.05, 0.1) is 13.2 Å². The average Bonchev–Trinajstić information content (AvgIpc) is 3.22. The van der Waals surface area contributed by atoms with Crippen molar-refractivity contribution in [1.82, 2.24) is 25.7 Å². The molecule has 3 rings (SSSR count). The molecular weight excluding hydrogens is 531 g/mol. The maximum atomic E-state index is 5.92. The number of halogens is 2. The van der Waals surface area contributed by atoms with Crippen molar-refractivity contribution < 1.29 is 9.26 Å². The number of aliphatic imine (C=N–C) groups is 1. The predicted molar refractivity (Wildman–Crippen MR) is 134 cm³/mol. The van der Waals surface area contributed by atoms with Crippen LogP contribution < -0.4 is 10.6 Å². The second-order valence-corrected chi connectivity index (χ2v) is 8.04. The lowest BCUT2D eigenvalue weighted by Gasteiger charge is -2.37. The van der Waals surface area contributed by atoms with Crippen LogP contribution in [0.2, 0.25) is 5.02 Å². The third-order valence-electron chi connectivity index (χ3n) is 5.19. The van der Waals surface area contributed by atoms with Gasteiger partial charge in [-0.25, -0.2) is 0 Å². The van der Waals surface area contributed by atoms with Crippen LogP contribution in [-0.2, 0) is 11.2 Å². The van der Waals surface area contributed by atoms with Crippen LogP contribution in [0.5, 0.6) is 0 Å². The number of hydrogen-bond acceptors (Lipinski definition) is 6. The van der Waals surface area contributed by atoms with Crippen molar-refractivity contribution in [3.05, 3.63) is 35.2 Å². The Hall–Kier alpha value is -1.43. The zero-order valence-electron chi connectivity index (χ0n) is 18.3. The Morgan fingerprint density at radius 2 is 1.90 bits per heavy atom. The molecule has 1 unspecified atom stereocenters. The van der Waals surface area contributed by atoms with E-state index >= 15 is 0 Å². The fourth-order valence-corrected chi connectivity index (χ4v) is 3.60. The first-order valence-corrected chi connectivity index (χ1v) is 10.8. The van der Waals surface area contributed by atoms with E-state index < -0.39 is 0 Å². The van der Waals surface area contributed by atoms with Crippen LogP contribution in [0.3, 0.4) is 0 Å². The minimum atomic E-state index is 0. The van der Waals surface area contributed by atoms with Crippen LogP contribution in [0.4, 0.5) is 0 Å². The van der Waals surface area contributed by atoms with Gasteiger partial charge in [0.2, 0.25) is 11.7 Å². The molecule has 1 aliphatic rings. The van der Waals surface area contributed by atoms with Crippen molar-refractivity contribution in [1.29, 1.82) is 0 Å². The molecule has 1 aliphatic heterocycles. The van der Waals surface area contributed by atoms with Gasteiger partial charge >= 0.3 is 0 Å². The highest BCUT2D eigenvalue weighted by atomic mass is 127. The Morgan fingerprint density at radius 1 is 1.19 bits per heavy atom. The number of ether oxygens (including phenoxy) is 1. The summed E-state index contributed by atoms with van der Waals surface area (Å²) in [7, 11) is 1.78. The fraction of sp³-hybridized carbons (Fsp3) is 0.571. The van der Waals surface area contributed by atoms with Gasteiger partial charge in [-0.3, -0.25) is 9.89 Å². The van der Waals surface area contributed by atoms with Gasteiger partial charge in [-0.1, -0.05) is 30.6 Å². The molecule has 10 heteroatoms. The highest BCUT2D eigenvalue weighted by Gasteiger charge is 2.23. The van der Waals surface area contributed by atoms with Crippen LogP contribution >= 0.6 is 35.6 Å². The molecule has 8 nitrogen and oxygen atoms in total. The maximum Gasteiger partial charge on any atom is 0.228 e. The molecule has 2 heterocycles. The van der Waals surface area contributed by atoms with Crippen LogP contribution in [0.1, 0.15) is 19.7 Å². The molecule has 0 spiro atoms. The lowest BCUT2D eigenvalue weighted by Crippen LogP contribution is -2.52. The van der Waals surface area contributed by atoms with Crippen molar-refractivity contribution in [3.8, 4) is 11.4 Å². The topological polar surface area (TPSA) is 87.8 Å². The molecule has 2 N–H and O–H groups in total. The molecule has 1 atom stereocenters. The zero-order valence-corrected chi connectivity index (χ0v) is 21.4. The summed E-state index contributed by atoms with van der Waals surface area (Å²) in [5.41, 5.74) is 0.877. The van der Waals surface area contributed by atoms with Gasteiger partial charge in [0.25, 0.3) is 0 Å². The minimum absolute atomic E-state index is 0. The third-order valence-corrected chi connectivity index (χ3v) is 5.44. The van der Waals surface area contributed by atoms with Crippen molar-refractivity contribution in [2.75, 3.05) is 46.4 Å². The van der Waals surface area contributed by atoms with Gasteiger partial charge in [-0.05, 0) is 30.2 Å². The molecule has 2 aromatic rings. The summed E-state index contributed by atoms with van der Waals surface area (Å²) in [5, 5.41) is 11.5. The van der Waals surface area contributed by atoms with E-state index in [1.807, 2.05) is 24.3 Å². The van der Waals surface area contributed by atoms with Crippen molar-refractivity contribution in [2.24, 2.45) is 10.9 Å². The Bertz CT molecular complexity index is 808. The number of benzene rings is 1. The zero-order chi connectivity index (χ0) is 21.3. The van der Waals surface area contributed by atoms with Gasteiger partial charge < -0.3 is 19.9 Å². The van der Waals surface area contributed by atoms with Crippen LogP contribution in [0.15, 0.2) is 33.8 Å². The van der Waals surface area contributed by atoms with Gasteiger partial charge in [0.1, 0.15) is 0 Å². The Labute approximate surface area is 206 Å². The first kappa shape index (κ1) is 25.8. The lowest BCUT2D eigenvalue weighted by molar-refractivity contribution is 0.00752. The number of guanidine groups is 1. The monoisotopic (exact) mass is 562 g/mol. The second-order valence-electron chi connectivity index (χ2n) is 7.61.